The lowest BCUT2D eigenvalue weighted by molar-refractivity contribution is -0.143. The predicted octanol–water partition coefficient (Wildman–Crippen LogP) is 6.42. The van der Waals surface area contributed by atoms with E-state index in [1.165, 1.54) is 37.0 Å². The van der Waals surface area contributed by atoms with Crippen LogP contribution in [-0.2, 0) is 6.18 Å². The zero-order valence-electron chi connectivity index (χ0n) is 18.9. The van der Waals surface area contributed by atoms with E-state index in [1.807, 2.05) is 13.8 Å². The fraction of sp³-hybridized carbons (Fsp3) is 0.125. The van der Waals surface area contributed by atoms with Gasteiger partial charge in [0.15, 0.2) is 5.69 Å². The maximum absolute atomic E-state index is 14.1. The van der Waals surface area contributed by atoms with E-state index in [9.17, 15) is 18.0 Å². The molecule has 4 heterocycles. The Morgan fingerprint density at radius 2 is 1.86 bits per heavy atom. The summed E-state index contributed by atoms with van der Waals surface area (Å²) in [5, 5.41) is 6.80. The molecule has 0 aliphatic rings. The van der Waals surface area contributed by atoms with E-state index >= 15 is 0 Å². The second-order valence-corrected chi connectivity index (χ2v) is 7.42. The molecule has 1 N–H and O–H groups in total. The van der Waals surface area contributed by atoms with Crippen molar-refractivity contribution in [1.82, 2.24) is 24.7 Å². The third-order valence-electron chi connectivity index (χ3n) is 4.87. The molecular formula is C24H18ClF3N6O2. The average Bonchev–Trinajstić information content (AvgIpc) is 3.55. The van der Waals surface area contributed by atoms with Crippen LogP contribution in [0.15, 0.2) is 71.9 Å². The van der Waals surface area contributed by atoms with Crippen molar-refractivity contribution in [2.45, 2.75) is 20.0 Å². The Labute approximate surface area is 207 Å². The quantitative estimate of drug-likeness (QED) is 0.297. The van der Waals surface area contributed by atoms with Gasteiger partial charge in [0, 0.05) is 11.6 Å². The minimum atomic E-state index is -4.88. The molecule has 5 rings (SSSR count). The number of halogens is 4. The van der Waals surface area contributed by atoms with Crippen molar-refractivity contribution < 1.29 is 22.4 Å². The molecule has 0 spiro atoms. The highest BCUT2D eigenvalue weighted by Crippen LogP contribution is 2.35. The van der Waals surface area contributed by atoms with Crippen LogP contribution in [0.3, 0.4) is 0 Å². The number of amides is 1. The van der Waals surface area contributed by atoms with Gasteiger partial charge in [-0.2, -0.15) is 18.3 Å². The van der Waals surface area contributed by atoms with Gasteiger partial charge < -0.3 is 9.73 Å². The average molecular weight is 515 g/mol. The summed E-state index contributed by atoms with van der Waals surface area (Å²) < 4.78 is 48.1. The van der Waals surface area contributed by atoms with Crippen LogP contribution in [-0.4, -0.2) is 30.6 Å². The van der Waals surface area contributed by atoms with E-state index in [-0.39, 0.29) is 28.0 Å². The number of hydrogen-bond acceptors (Lipinski definition) is 6. The van der Waals surface area contributed by atoms with Gasteiger partial charge in [-0.25, -0.2) is 14.6 Å². The van der Waals surface area contributed by atoms with Gasteiger partial charge in [0.05, 0.1) is 46.1 Å². The van der Waals surface area contributed by atoms with Crippen LogP contribution in [0.4, 0.5) is 18.9 Å². The molecule has 184 valence electrons. The number of rotatable bonds is 4. The number of fused-ring (bicyclic) bond motifs is 1. The Morgan fingerprint density at radius 3 is 2.56 bits per heavy atom. The van der Waals surface area contributed by atoms with Crippen molar-refractivity contribution in [3.63, 3.8) is 0 Å². The number of alkyl halides is 3. The third kappa shape index (κ3) is 4.78. The molecule has 8 nitrogen and oxygen atoms in total. The molecule has 1 aromatic carbocycles. The number of benzene rings is 1. The van der Waals surface area contributed by atoms with Crippen LogP contribution < -0.4 is 5.32 Å². The van der Waals surface area contributed by atoms with Crippen molar-refractivity contribution >= 4 is 34.1 Å². The van der Waals surface area contributed by atoms with Crippen molar-refractivity contribution in [2.24, 2.45) is 0 Å². The van der Waals surface area contributed by atoms with Crippen LogP contribution in [0.1, 0.15) is 29.9 Å². The molecule has 0 fully saturated rings. The number of carbonyl (C=O) groups excluding carboxylic acids is 1. The number of nitrogens with one attached hydrogen (secondary N) is 1. The zero-order chi connectivity index (χ0) is 25.9. The van der Waals surface area contributed by atoms with Crippen LogP contribution in [0.25, 0.3) is 28.2 Å². The molecule has 0 aliphatic heterocycles. The summed E-state index contributed by atoms with van der Waals surface area (Å²) in [6.07, 6.45) is 1.50. The number of carbonyl (C=O) groups is 1. The first-order valence-electron chi connectivity index (χ1n) is 10.7. The van der Waals surface area contributed by atoms with Crippen LogP contribution in [0, 0.1) is 0 Å². The molecule has 0 atom stereocenters. The van der Waals surface area contributed by atoms with Crippen LogP contribution in [0.5, 0.6) is 0 Å². The smallest absolute Gasteiger partial charge is 0.434 e. The molecule has 0 radical (unpaired) electrons. The van der Waals surface area contributed by atoms with E-state index in [0.717, 1.165) is 6.20 Å². The second kappa shape index (κ2) is 10.2. The van der Waals surface area contributed by atoms with Crippen molar-refractivity contribution in [3.05, 3.63) is 83.7 Å². The molecule has 4 aromatic heterocycles. The first kappa shape index (κ1) is 24.9. The van der Waals surface area contributed by atoms with Gasteiger partial charge in [0.25, 0.3) is 5.91 Å². The summed E-state index contributed by atoms with van der Waals surface area (Å²) in [7, 11) is 0. The van der Waals surface area contributed by atoms with E-state index in [1.54, 1.807) is 24.3 Å². The van der Waals surface area contributed by atoms with Gasteiger partial charge in [0.2, 0.25) is 5.89 Å². The summed E-state index contributed by atoms with van der Waals surface area (Å²) in [5.41, 5.74) is -0.963. The standard InChI is InChI=1S/C22H12ClF3N6O2.C2H6/c23-15-9-12(10-29-18(15)21-28-7-8-34-21)31-20(33)14-11-30-32(19(14)22(24,25)26)17-5-1-4-16-13(17)3-2-6-27-16;1-2/h1-11H,(H,31,33);1-2H3. The highest BCUT2D eigenvalue weighted by Gasteiger charge is 2.41. The van der Waals surface area contributed by atoms with Crippen LogP contribution >= 0.6 is 11.6 Å². The lowest BCUT2D eigenvalue weighted by atomic mass is 10.1. The summed E-state index contributed by atoms with van der Waals surface area (Å²) in [6.45, 7) is 4.00. The Hall–Kier alpha value is -4.25. The first-order chi connectivity index (χ1) is 17.3. The number of oxazole rings is 1. The minimum absolute atomic E-state index is 0.0838. The van der Waals surface area contributed by atoms with E-state index in [4.69, 9.17) is 16.0 Å². The summed E-state index contributed by atoms with van der Waals surface area (Å²) in [5.74, 6) is -0.869. The number of nitrogens with zero attached hydrogens (tertiary/aromatic N) is 5. The second-order valence-electron chi connectivity index (χ2n) is 7.01. The van der Waals surface area contributed by atoms with Gasteiger partial charge in [-0.15, -0.1) is 0 Å². The highest BCUT2D eigenvalue weighted by molar-refractivity contribution is 6.33. The number of pyridine rings is 2. The lowest BCUT2D eigenvalue weighted by Gasteiger charge is -2.14. The largest absolute Gasteiger partial charge is 0.443 e. The van der Waals surface area contributed by atoms with Crippen molar-refractivity contribution in [2.75, 3.05) is 5.32 Å². The SMILES string of the molecule is CC.O=C(Nc1cnc(-c2ncco2)c(Cl)c1)c1cnn(-c2cccc3ncccc23)c1C(F)(F)F. The van der Waals surface area contributed by atoms with Gasteiger partial charge >= 0.3 is 6.18 Å². The molecule has 0 saturated carbocycles. The Morgan fingerprint density at radius 1 is 1.06 bits per heavy atom. The van der Waals surface area contributed by atoms with Crippen LogP contribution in [0.2, 0.25) is 5.02 Å². The Balaban J connectivity index is 0.00000148. The van der Waals surface area contributed by atoms with E-state index in [2.05, 4.69) is 25.4 Å². The maximum Gasteiger partial charge on any atom is 0.434 e. The van der Waals surface area contributed by atoms with Gasteiger partial charge in [0.1, 0.15) is 12.0 Å². The van der Waals surface area contributed by atoms with Crippen molar-refractivity contribution in [3.8, 4) is 17.3 Å². The minimum Gasteiger partial charge on any atom is -0.443 e. The molecule has 1 amide bonds. The summed E-state index contributed by atoms with van der Waals surface area (Å²) >= 11 is 6.18. The highest BCUT2D eigenvalue weighted by atomic mass is 35.5. The fourth-order valence-electron chi connectivity index (χ4n) is 3.44. The molecule has 0 bridgehead atoms. The molecular weight excluding hydrogens is 497 g/mol. The van der Waals surface area contributed by atoms with Gasteiger partial charge in [-0.3, -0.25) is 9.78 Å². The number of aromatic nitrogens is 5. The number of hydrogen-bond donors (Lipinski definition) is 1. The summed E-state index contributed by atoms with van der Waals surface area (Å²) in [6, 6.07) is 9.27. The maximum atomic E-state index is 14.1. The Bertz CT molecular complexity index is 1510. The molecule has 0 unspecified atom stereocenters. The Kier molecular flexibility index (Phi) is 7.02. The summed E-state index contributed by atoms with van der Waals surface area (Å²) in [4.78, 5) is 25.0. The molecule has 36 heavy (non-hydrogen) atoms. The van der Waals surface area contributed by atoms with Gasteiger partial charge in [-0.05, 0) is 30.3 Å². The predicted molar refractivity (Wildman–Crippen MR) is 128 cm³/mol. The van der Waals surface area contributed by atoms with Crippen molar-refractivity contribution in [1.29, 1.82) is 0 Å². The fourth-order valence-corrected chi connectivity index (χ4v) is 3.69. The van der Waals surface area contributed by atoms with E-state index in [0.29, 0.717) is 15.6 Å². The normalized spacial score (nSPS) is 11.2. The molecule has 0 aliphatic carbocycles. The number of anilines is 1. The molecule has 12 heteroatoms. The third-order valence-corrected chi connectivity index (χ3v) is 5.16. The molecule has 0 saturated heterocycles. The zero-order valence-corrected chi connectivity index (χ0v) is 19.7. The monoisotopic (exact) mass is 514 g/mol. The lowest BCUT2D eigenvalue weighted by Crippen LogP contribution is -2.21. The van der Waals surface area contributed by atoms with Gasteiger partial charge in [-0.1, -0.05) is 31.5 Å². The first-order valence-corrected chi connectivity index (χ1v) is 11.1. The topological polar surface area (TPSA) is 98.7 Å². The van der Waals surface area contributed by atoms with E-state index < -0.39 is 23.3 Å². The molecule has 5 aromatic rings.